The van der Waals surface area contributed by atoms with Crippen molar-refractivity contribution in [1.29, 1.82) is 0 Å². The Labute approximate surface area is 266 Å². The summed E-state index contributed by atoms with van der Waals surface area (Å²) in [6.07, 6.45) is 8.70. The van der Waals surface area contributed by atoms with Crippen molar-refractivity contribution in [3.63, 3.8) is 0 Å². The Kier molecular flexibility index (Phi) is 9.77. The van der Waals surface area contributed by atoms with Crippen molar-refractivity contribution in [3.05, 3.63) is 74.8 Å². The lowest BCUT2D eigenvalue weighted by Crippen LogP contribution is -2.42. The lowest BCUT2D eigenvalue weighted by atomic mass is 9.82. The number of anilines is 2. The molecule has 45 heavy (non-hydrogen) atoms. The smallest absolute Gasteiger partial charge is 0.253 e. The van der Waals surface area contributed by atoms with E-state index in [1.807, 2.05) is 57.3 Å². The normalized spacial score (nSPS) is 16.6. The van der Waals surface area contributed by atoms with Crippen molar-refractivity contribution in [2.24, 2.45) is 5.41 Å². The SMILES string of the molecule is CCC1(C(=O)Nc2cc(-c3ccc(N4CCC(N(C)C)CC4)nc3)cc(C(=O)NCc3c(C)cc(C)[nH]c3=O)c2C)CCCC1. The van der Waals surface area contributed by atoms with Gasteiger partial charge in [-0.2, -0.15) is 0 Å². The zero-order chi connectivity index (χ0) is 32.3. The van der Waals surface area contributed by atoms with Gasteiger partial charge in [0, 0.05) is 65.4 Å². The summed E-state index contributed by atoms with van der Waals surface area (Å²) in [6.45, 7) is 9.68. The highest BCUT2D eigenvalue weighted by atomic mass is 16.2. The second-order valence-corrected chi connectivity index (χ2v) is 13.2. The van der Waals surface area contributed by atoms with E-state index in [1.165, 1.54) is 0 Å². The molecule has 240 valence electrons. The molecule has 1 saturated carbocycles. The van der Waals surface area contributed by atoms with Gasteiger partial charge in [-0.05, 0) is 114 Å². The van der Waals surface area contributed by atoms with E-state index in [9.17, 15) is 14.4 Å². The van der Waals surface area contributed by atoms with Gasteiger partial charge in [0.25, 0.3) is 11.5 Å². The molecule has 0 spiro atoms. The first-order valence-electron chi connectivity index (χ1n) is 16.3. The average molecular weight is 613 g/mol. The van der Waals surface area contributed by atoms with Gasteiger partial charge in [-0.15, -0.1) is 0 Å². The molecule has 2 aliphatic rings. The van der Waals surface area contributed by atoms with E-state index in [-0.39, 0.29) is 29.3 Å². The number of carbonyl (C=O) groups is 2. The first-order chi connectivity index (χ1) is 21.5. The highest BCUT2D eigenvalue weighted by molar-refractivity contribution is 6.02. The van der Waals surface area contributed by atoms with Crippen molar-refractivity contribution >= 4 is 23.3 Å². The molecule has 2 fully saturated rings. The summed E-state index contributed by atoms with van der Waals surface area (Å²) >= 11 is 0. The number of carbonyl (C=O) groups excluding carboxylic acids is 2. The predicted molar refractivity (Wildman–Crippen MR) is 181 cm³/mol. The van der Waals surface area contributed by atoms with Gasteiger partial charge in [-0.3, -0.25) is 14.4 Å². The van der Waals surface area contributed by atoms with E-state index in [2.05, 4.69) is 46.4 Å². The van der Waals surface area contributed by atoms with E-state index in [1.54, 1.807) is 0 Å². The Hall–Kier alpha value is -3.98. The molecule has 1 aliphatic carbocycles. The highest BCUT2D eigenvalue weighted by Crippen LogP contribution is 2.42. The fraction of sp³-hybridized carbons (Fsp3) is 0.500. The topological polar surface area (TPSA) is 110 Å². The van der Waals surface area contributed by atoms with Crippen molar-refractivity contribution in [1.82, 2.24) is 20.2 Å². The van der Waals surface area contributed by atoms with Crippen LogP contribution in [0.1, 0.15) is 84.6 Å². The summed E-state index contributed by atoms with van der Waals surface area (Å²) in [5, 5.41) is 6.17. The minimum Gasteiger partial charge on any atom is -0.357 e. The number of aromatic amines is 1. The van der Waals surface area contributed by atoms with Gasteiger partial charge in [0.05, 0.1) is 0 Å². The molecular weight excluding hydrogens is 564 g/mol. The van der Waals surface area contributed by atoms with Crippen molar-refractivity contribution in [3.8, 4) is 11.1 Å². The van der Waals surface area contributed by atoms with Crippen LogP contribution in [0, 0.1) is 26.2 Å². The van der Waals surface area contributed by atoms with Gasteiger partial charge in [-0.25, -0.2) is 4.98 Å². The van der Waals surface area contributed by atoms with Crippen molar-refractivity contribution < 1.29 is 9.59 Å². The van der Waals surface area contributed by atoms with Crippen LogP contribution in [0.25, 0.3) is 11.1 Å². The third kappa shape index (κ3) is 6.98. The molecule has 1 saturated heterocycles. The fourth-order valence-corrected chi connectivity index (χ4v) is 7.01. The van der Waals surface area contributed by atoms with Crippen LogP contribution in [0.2, 0.25) is 0 Å². The maximum Gasteiger partial charge on any atom is 0.253 e. The summed E-state index contributed by atoms with van der Waals surface area (Å²) in [5.74, 6) is 0.661. The maximum atomic E-state index is 13.7. The number of H-pyrrole nitrogens is 1. The monoisotopic (exact) mass is 612 g/mol. The third-order valence-electron chi connectivity index (χ3n) is 10.1. The fourth-order valence-electron chi connectivity index (χ4n) is 7.01. The van der Waals surface area contributed by atoms with E-state index < -0.39 is 0 Å². The van der Waals surface area contributed by atoms with E-state index in [0.717, 1.165) is 86.2 Å². The number of amides is 2. The van der Waals surface area contributed by atoms with Gasteiger partial charge < -0.3 is 25.4 Å². The summed E-state index contributed by atoms with van der Waals surface area (Å²) in [5.41, 5.74) is 4.99. The first-order valence-corrected chi connectivity index (χ1v) is 16.3. The van der Waals surface area contributed by atoms with Crippen molar-refractivity contribution in [2.45, 2.75) is 85.2 Å². The minimum absolute atomic E-state index is 0.0190. The maximum absolute atomic E-state index is 13.7. The van der Waals surface area contributed by atoms with Crippen LogP contribution in [-0.4, -0.2) is 59.9 Å². The zero-order valence-corrected chi connectivity index (χ0v) is 27.7. The Morgan fingerprint density at radius 2 is 1.76 bits per heavy atom. The molecule has 2 amide bonds. The molecule has 3 heterocycles. The van der Waals surface area contributed by atoms with Crippen LogP contribution >= 0.6 is 0 Å². The van der Waals surface area contributed by atoms with Gasteiger partial charge >= 0.3 is 0 Å². The second-order valence-electron chi connectivity index (χ2n) is 13.2. The Morgan fingerprint density at radius 1 is 1.04 bits per heavy atom. The first kappa shape index (κ1) is 32.4. The second kappa shape index (κ2) is 13.6. The Bertz CT molecular complexity index is 1600. The molecule has 1 aliphatic heterocycles. The number of nitrogens with zero attached hydrogens (tertiary/aromatic N) is 3. The Morgan fingerprint density at radius 3 is 2.36 bits per heavy atom. The number of benzene rings is 1. The number of rotatable bonds is 9. The van der Waals surface area contributed by atoms with Crippen LogP contribution < -0.4 is 21.1 Å². The quantitative estimate of drug-likeness (QED) is 0.285. The van der Waals surface area contributed by atoms with Gasteiger partial charge in [0.1, 0.15) is 5.82 Å². The lowest BCUT2D eigenvalue weighted by Gasteiger charge is -2.35. The zero-order valence-electron chi connectivity index (χ0n) is 27.7. The molecule has 0 bridgehead atoms. The van der Waals surface area contributed by atoms with E-state index in [0.29, 0.717) is 28.4 Å². The van der Waals surface area contributed by atoms with Crippen LogP contribution in [0.15, 0.2) is 41.3 Å². The van der Waals surface area contributed by atoms with E-state index >= 15 is 0 Å². The Balaban J connectivity index is 1.44. The van der Waals surface area contributed by atoms with Gasteiger partial charge in [0.15, 0.2) is 0 Å². The van der Waals surface area contributed by atoms with Crippen LogP contribution in [0.4, 0.5) is 11.5 Å². The van der Waals surface area contributed by atoms with Gasteiger partial charge in [-0.1, -0.05) is 19.8 Å². The lowest BCUT2D eigenvalue weighted by molar-refractivity contribution is -0.125. The number of pyridine rings is 2. The predicted octanol–water partition coefficient (Wildman–Crippen LogP) is 5.73. The van der Waals surface area contributed by atoms with Crippen LogP contribution in [0.5, 0.6) is 0 Å². The highest BCUT2D eigenvalue weighted by Gasteiger charge is 2.39. The molecule has 9 nitrogen and oxygen atoms in total. The molecule has 5 rings (SSSR count). The summed E-state index contributed by atoms with van der Waals surface area (Å²) < 4.78 is 0. The molecule has 3 N–H and O–H groups in total. The number of hydrogen-bond donors (Lipinski definition) is 3. The largest absolute Gasteiger partial charge is 0.357 e. The van der Waals surface area contributed by atoms with Gasteiger partial charge in [0.2, 0.25) is 5.91 Å². The molecule has 3 aromatic rings. The molecule has 0 radical (unpaired) electrons. The summed E-state index contributed by atoms with van der Waals surface area (Å²) in [4.78, 5) is 52.2. The molecular formula is C36H48N6O3. The number of aromatic nitrogens is 2. The van der Waals surface area contributed by atoms with Crippen molar-refractivity contribution in [2.75, 3.05) is 37.4 Å². The number of hydrogen-bond acceptors (Lipinski definition) is 6. The molecule has 0 atom stereocenters. The third-order valence-corrected chi connectivity index (χ3v) is 10.1. The standard InChI is InChI=1S/C36H48N6O3/c1-7-36(14-8-9-15-36)35(45)40-31-20-27(26-10-11-32(37-21-26)42-16-12-28(13-17-42)41(5)6)19-29(25(31)4)33(43)38-22-30-23(2)18-24(3)39-34(30)44/h10-11,18-21,28H,7-9,12-17,22H2,1-6H3,(H,38,43)(H,39,44)(H,40,45). The van der Waals surface area contributed by atoms with E-state index in [4.69, 9.17) is 4.98 Å². The van der Waals surface area contributed by atoms with Crippen LogP contribution in [0.3, 0.4) is 0 Å². The molecule has 1 aromatic carbocycles. The number of piperidine rings is 1. The van der Waals surface area contributed by atoms with Crippen LogP contribution in [-0.2, 0) is 11.3 Å². The number of aryl methyl sites for hydroxylation is 2. The summed E-state index contributed by atoms with van der Waals surface area (Å²) in [6, 6.07) is 10.4. The summed E-state index contributed by atoms with van der Waals surface area (Å²) in [7, 11) is 4.28. The molecule has 0 unspecified atom stereocenters. The average Bonchev–Trinajstić information content (AvgIpc) is 3.52. The molecule has 9 heteroatoms. The molecule has 2 aromatic heterocycles. The minimum atomic E-state index is -0.377. The number of nitrogens with one attached hydrogen (secondary N) is 3.